The Morgan fingerprint density at radius 3 is 2.31 bits per heavy atom. The number of nitrogens with zero attached hydrogens (tertiary/aromatic N) is 1. The van der Waals surface area contributed by atoms with E-state index in [4.69, 9.17) is 13.7 Å². The van der Waals surface area contributed by atoms with Crippen LogP contribution in [0.3, 0.4) is 0 Å². The molecule has 0 radical (unpaired) electrons. The molecule has 0 aliphatic heterocycles. The number of hydrogen-bond acceptors (Lipinski definition) is 6. The minimum Gasteiger partial charge on any atom is -0.494 e. The molecule has 0 saturated carbocycles. The van der Waals surface area contributed by atoms with Crippen LogP contribution >= 0.6 is 0 Å². The van der Waals surface area contributed by atoms with Crippen molar-refractivity contribution in [2.75, 3.05) is 13.7 Å². The summed E-state index contributed by atoms with van der Waals surface area (Å²) in [5.74, 6) is 1.18. The number of benzene rings is 3. The van der Waals surface area contributed by atoms with Gasteiger partial charge in [-0.1, -0.05) is 18.2 Å². The van der Waals surface area contributed by atoms with E-state index in [-0.39, 0.29) is 10.6 Å². The fraction of sp³-hybridized carbons (Fsp3) is 0.136. The number of methoxy groups -OCH3 is 1. The van der Waals surface area contributed by atoms with Crippen molar-refractivity contribution in [3.63, 3.8) is 0 Å². The third-order valence-electron chi connectivity index (χ3n) is 3.93. The van der Waals surface area contributed by atoms with Gasteiger partial charge in [0.25, 0.3) is 0 Å². The highest BCUT2D eigenvalue weighted by molar-refractivity contribution is 7.87. The minimum absolute atomic E-state index is 0.0724. The van der Waals surface area contributed by atoms with Crippen molar-refractivity contribution in [2.45, 2.75) is 11.8 Å². The molecule has 0 saturated heterocycles. The van der Waals surface area contributed by atoms with Crippen LogP contribution in [0.4, 0.5) is 5.69 Å². The second-order valence-corrected chi connectivity index (χ2v) is 7.49. The monoisotopic (exact) mass is 411 g/mol. The molecule has 0 unspecified atom stereocenters. The molecular weight excluding hydrogens is 390 g/mol. The summed E-state index contributed by atoms with van der Waals surface area (Å²) in [4.78, 5) is 4.48. The van der Waals surface area contributed by atoms with Gasteiger partial charge in [-0.05, 0) is 67.1 Å². The van der Waals surface area contributed by atoms with Crippen LogP contribution in [0.25, 0.3) is 0 Å². The predicted molar refractivity (Wildman–Crippen MR) is 112 cm³/mol. The van der Waals surface area contributed by atoms with Gasteiger partial charge >= 0.3 is 10.1 Å². The van der Waals surface area contributed by atoms with E-state index in [0.717, 1.165) is 17.0 Å². The van der Waals surface area contributed by atoms with Crippen LogP contribution in [0, 0.1) is 0 Å². The maximum Gasteiger partial charge on any atom is 0.339 e. The number of ether oxygens (including phenoxy) is 2. The summed E-state index contributed by atoms with van der Waals surface area (Å²) in [5.41, 5.74) is 1.50. The SMILES string of the molecule is CCOc1ccc(N=Cc2ccc(OS(=O)(=O)c3ccccc3)c(OC)c2)cc1. The smallest absolute Gasteiger partial charge is 0.339 e. The molecule has 3 aromatic carbocycles. The number of aliphatic imine (C=N–C) groups is 1. The molecular formula is C22H21NO5S. The summed E-state index contributed by atoms with van der Waals surface area (Å²) >= 11 is 0. The van der Waals surface area contributed by atoms with Crippen LogP contribution in [0.5, 0.6) is 17.2 Å². The Labute approximate surface area is 170 Å². The molecule has 3 rings (SSSR count). The Kier molecular flexibility index (Phi) is 6.51. The highest BCUT2D eigenvalue weighted by Gasteiger charge is 2.18. The average molecular weight is 411 g/mol. The van der Waals surface area contributed by atoms with E-state index in [1.54, 1.807) is 42.6 Å². The first kappa shape index (κ1) is 20.4. The van der Waals surface area contributed by atoms with Gasteiger partial charge in [-0.15, -0.1) is 0 Å². The summed E-state index contributed by atoms with van der Waals surface area (Å²) in [7, 11) is -2.50. The van der Waals surface area contributed by atoms with Gasteiger partial charge in [-0.2, -0.15) is 8.42 Å². The van der Waals surface area contributed by atoms with Crippen LogP contribution in [-0.4, -0.2) is 28.3 Å². The first-order chi connectivity index (χ1) is 14.0. The molecule has 0 aliphatic carbocycles. The zero-order valence-corrected chi connectivity index (χ0v) is 16.9. The summed E-state index contributed by atoms with van der Waals surface area (Å²) in [5, 5.41) is 0. The molecule has 0 N–H and O–H groups in total. The van der Waals surface area contributed by atoms with Crippen LogP contribution < -0.4 is 13.7 Å². The highest BCUT2D eigenvalue weighted by Crippen LogP contribution is 2.30. The summed E-state index contributed by atoms with van der Waals surface area (Å²) < 4.78 is 40.8. The lowest BCUT2D eigenvalue weighted by molar-refractivity contribution is 0.340. The third-order valence-corrected chi connectivity index (χ3v) is 5.18. The van der Waals surface area contributed by atoms with Crippen molar-refractivity contribution in [3.8, 4) is 17.2 Å². The Balaban J connectivity index is 1.78. The van der Waals surface area contributed by atoms with Gasteiger partial charge in [0.2, 0.25) is 0 Å². The van der Waals surface area contributed by atoms with E-state index in [9.17, 15) is 8.42 Å². The van der Waals surface area contributed by atoms with Crippen molar-refractivity contribution in [1.82, 2.24) is 0 Å². The topological polar surface area (TPSA) is 74.2 Å². The quantitative estimate of drug-likeness (QED) is 0.400. The lowest BCUT2D eigenvalue weighted by atomic mass is 10.2. The van der Waals surface area contributed by atoms with Crippen molar-refractivity contribution < 1.29 is 22.1 Å². The Morgan fingerprint density at radius 1 is 0.931 bits per heavy atom. The Hall–Kier alpha value is -3.32. The summed E-state index contributed by atoms with van der Waals surface area (Å²) in [6, 6.07) is 20.2. The Morgan fingerprint density at radius 2 is 1.66 bits per heavy atom. The second-order valence-electron chi connectivity index (χ2n) is 5.95. The molecule has 0 aliphatic rings. The molecule has 29 heavy (non-hydrogen) atoms. The van der Waals surface area contributed by atoms with Crippen LogP contribution in [0.1, 0.15) is 12.5 Å². The third kappa shape index (κ3) is 5.36. The number of rotatable bonds is 8. The van der Waals surface area contributed by atoms with Gasteiger partial charge < -0.3 is 13.7 Å². The van der Waals surface area contributed by atoms with Gasteiger partial charge in [-0.25, -0.2) is 0 Å². The number of hydrogen-bond donors (Lipinski definition) is 0. The molecule has 0 amide bonds. The zero-order chi connectivity index (χ0) is 20.7. The summed E-state index contributed by atoms with van der Waals surface area (Å²) in [6.45, 7) is 2.54. The molecule has 6 nitrogen and oxygen atoms in total. The molecule has 150 valence electrons. The molecule has 0 heterocycles. The lowest BCUT2D eigenvalue weighted by Crippen LogP contribution is -2.10. The Bertz CT molecular complexity index is 1080. The second kappa shape index (κ2) is 9.25. The normalized spacial score (nSPS) is 11.4. The first-order valence-electron chi connectivity index (χ1n) is 8.96. The van der Waals surface area contributed by atoms with Crippen molar-refractivity contribution >= 4 is 22.0 Å². The van der Waals surface area contributed by atoms with E-state index in [1.807, 2.05) is 31.2 Å². The molecule has 3 aromatic rings. The predicted octanol–water partition coefficient (Wildman–Crippen LogP) is 4.61. The van der Waals surface area contributed by atoms with E-state index in [0.29, 0.717) is 12.4 Å². The van der Waals surface area contributed by atoms with Gasteiger partial charge in [0.05, 0.1) is 19.4 Å². The fourth-order valence-corrected chi connectivity index (χ4v) is 3.49. The molecule has 7 heteroatoms. The highest BCUT2D eigenvalue weighted by atomic mass is 32.2. The van der Waals surface area contributed by atoms with Gasteiger partial charge in [-0.3, -0.25) is 4.99 Å². The maximum absolute atomic E-state index is 12.4. The summed E-state index contributed by atoms with van der Waals surface area (Å²) in [6.07, 6.45) is 1.66. The van der Waals surface area contributed by atoms with Gasteiger partial charge in [0, 0.05) is 6.21 Å². The van der Waals surface area contributed by atoms with Gasteiger partial charge in [0.1, 0.15) is 10.6 Å². The molecule has 0 bridgehead atoms. The van der Waals surface area contributed by atoms with Crippen molar-refractivity contribution in [1.29, 1.82) is 0 Å². The van der Waals surface area contributed by atoms with E-state index in [1.165, 1.54) is 19.2 Å². The van der Waals surface area contributed by atoms with Crippen LogP contribution in [0.15, 0.2) is 82.7 Å². The largest absolute Gasteiger partial charge is 0.494 e. The van der Waals surface area contributed by atoms with Crippen LogP contribution in [-0.2, 0) is 10.1 Å². The molecule has 0 atom stereocenters. The average Bonchev–Trinajstić information content (AvgIpc) is 2.74. The van der Waals surface area contributed by atoms with E-state index < -0.39 is 10.1 Å². The standard InChI is InChI=1S/C22H21NO5S/c1-3-27-19-12-10-18(11-13-19)23-16-17-9-14-21(22(15-17)26-2)28-29(24,25)20-7-5-4-6-8-20/h4-16H,3H2,1-2H3. The minimum atomic E-state index is -3.95. The van der Waals surface area contributed by atoms with Crippen molar-refractivity contribution in [2.24, 2.45) is 4.99 Å². The van der Waals surface area contributed by atoms with E-state index in [2.05, 4.69) is 4.99 Å². The molecule has 0 spiro atoms. The lowest BCUT2D eigenvalue weighted by Gasteiger charge is -2.11. The molecule has 0 aromatic heterocycles. The van der Waals surface area contributed by atoms with Crippen molar-refractivity contribution in [3.05, 3.63) is 78.4 Å². The zero-order valence-electron chi connectivity index (χ0n) is 16.1. The van der Waals surface area contributed by atoms with Crippen LogP contribution in [0.2, 0.25) is 0 Å². The maximum atomic E-state index is 12.4. The van der Waals surface area contributed by atoms with E-state index >= 15 is 0 Å². The fourth-order valence-electron chi connectivity index (χ4n) is 2.53. The first-order valence-corrected chi connectivity index (χ1v) is 10.4. The molecule has 0 fully saturated rings. The van der Waals surface area contributed by atoms with Gasteiger partial charge in [0.15, 0.2) is 11.5 Å².